The molecule has 0 saturated carbocycles. The fourth-order valence-corrected chi connectivity index (χ4v) is 5.24. The van der Waals surface area contributed by atoms with Crippen molar-refractivity contribution in [1.29, 1.82) is 0 Å². The molecular formula is C28H26Cl2N4O3S. The number of nitrogens with one attached hydrogen (secondary N) is 1. The molecule has 4 aromatic rings. The standard InChI is InChI=1S/C28H26Cl2N4O3S/c1-18-5-8-20(9-6-18)27-32-33-28(34(27)21-10-11-22(29)23(30)15-21)38-13-3-2-4-26(35)31-16-19-7-12-24-25(14-19)37-17-36-24/h5-12,14-15H,2-4,13,16-17H2,1H3,(H,31,35). The molecule has 3 aromatic carbocycles. The van der Waals surface area contributed by atoms with Crippen molar-refractivity contribution in [2.45, 2.75) is 37.9 Å². The highest BCUT2D eigenvalue weighted by atomic mass is 35.5. The topological polar surface area (TPSA) is 78.3 Å². The number of aryl methyl sites for hydroxylation is 1. The van der Waals surface area contributed by atoms with E-state index in [-0.39, 0.29) is 12.7 Å². The lowest BCUT2D eigenvalue weighted by atomic mass is 10.1. The third-order valence-corrected chi connectivity index (χ3v) is 7.81. The predicted molar refractivity (Wildman–Crippen MR) is 151 cm³/mol. The van der Waals surface area contributed by atoms with Crippen LogP contribution >= 0.6 is 35.0 Å². The Bertz CT molecular complexity index is 1440. The van der Waals surface area contributed by atoms with E-state index >= 15 is 0 Å². The maximum absolute atomic E-state index is 12.3. The molecule has 1 aliphatic heterocycles. The Balaban J connectivity index is 1.17. The number of halogens is 2. The summed E-state index contributed by atoms with van der Waals surface area (Å²) in [7, 11) is 0. The summed E-state index contributed by atoms with van der Waals surface area (Å²) in [6.45, 7) is 2.74. The van der Waals surface area contributed by atoms with Crippen molar-refractivity contribution in [2.24, 2.45) is 0 Å². The van der Waals surface area contributed by atoms with E-state index in [0.29, 0.717) is 28.8 Å². The molecule has 0 atom stereocenters. The number of benzene rings is 3. The number of thioether (sulfide) groups is 1. The largest absolute Gasteiger partial charge is 0.454 e. The number of fused-ring (bicyclic) bond motifs is 1. The van der Waals surface area contributed by atoms with Crippen molar-refractivity contribution in [3.63, 3.8) is 0 Å². The summed E-state index contributed by atoms with van der Waals surface area (Å²) < 4.78 is 12.7. The van der Waals surface area contributed by atoms with Gasteiger partial charge >= 0.3 is 0 Å². The molecule has 1 amide bonds. The quantitative estimate of drug-likeness (QED) is 0.166. The molecule has 2 heterocycles. The molecule has 196 valence electrons. The van der Waals surface area contributed by atoms with Gasteiger partial charge < -0.3 is 14.8 Å². The summed E-state index contributed by atoms with van der Waals surface area (Å²) in [6.07, 6.45) is 2.08. The summed E-state index contributed by atoms with van der Waals surface area (Å²) in [5, 5.41) is 13.6. The monoisotopic (exact) mass is 568 g/mol. The Kier molecular flexibility index (Phi) is 8.42. The maximum Gasteiger partial charge on any atom is 0.231 e. The SMILES string of the molecule is Cc1ccc(-c2nnc(SCCCCC(=O)NCc3ccc4c(c3)OCO4)n2-c2ccc(Cl)c(Cl)c2)cc1. The summed E-state index contributed by atoms with van der Waals surface area (Å²) >= 11 is 14.1. The van der Waals surface area contributed by atoms with E-state index < -0.39 is 0 Å². The van der Waals surface area contributed by atoms with Gasteiger partial charge in [0.15, 0.2) is 22.5 Å². The molecule has 38 heavy (non-hydrogen) atoms. The van der Waals surface area contributed by atoms with Crippen LogP contribution in [0.4, 0.5) is 0 Å². The first-order chi connectivity index (χ1) is 18.5. The molecule has 5 rings (SSSR count). The molecule has 10 heteroatoms. The average Bonchev–Trinajstić information content (AvgIpc) is 3.56. The molecule has 1 aromatic heterocycles. The van der Waals surface area contributed by atoms with Gasteiger partial charge in [-0.1, -0.05) is 70.9 Å². The van der Waals surface area contributed by atoms with E-state index in [1.807, 2.05) is 66.1 Å². The summed E-state index contributed by atoms with van der Waals surface area (Å²) in [4.78, 5) is 12.3. The van der Waals surface area contributed by atoms with E-state index in [1.165, 1.54) is 5.56 Å². The van der Waals surface area contributed by atoms with Gasteiger partial charge in [0.25, 0.3) is 0 Å². The minimum absolute atomic E-state index is 0.0216. The van der Waals surface area contributed by atoms with Crippen LogP contribution in [0.5, 0.6) is 11.5 Å². The van der Waals surface area contributed by atoms with Crippen LogP contribution in [0.1, 0.15) is 30.4 Å². The normalized spacial score (nSPS) is 12.1. The van der Waals surface area contributed by atoms with Crippen molar-refractivity contribution in [1.82, 2.24) is 20.1 Å². The van der Waals surface area contributed by atoms with Gasteiger partial charge in [0.1, 0.15) is 0 Å². The van der Waals surface area contributed by atoms with Gasteiger partial charge in [0.05, 0.1) is 15.7 Å². The van der Waals surface area contributed by atoms with Crippen LogP contribution in [0.2, 0.25) is 10.0 Å². The molecule has 0 unspecified atom stereocenters. The van der Waals surface area contributed by atoms with E-state index in [2.05, 4.69) is 15.5 Å². The van der Waals surface area contributed by atoms with Gasteiger partial charge in [0, 0.05) is 24.3 Å². The number of aromatic nitrogens is 3. The second kappa shape index (κ2) is 12.1. The van der Waals surface area contributed by atoms with E-state index in [0.717, 1.165) is 52.1 Å². The van der Waals surface area contributed by atoms with Crippen molar-refractivity contribution >= 4 is 40.9 Å². The minimum Gasteiger partial charge on any atom is -0.454 e. The summed E-state index contributed by atoms with van der Waals surface area (Å²) in [6, 6.07) is 19.3. The van der Waals surface area contributed by atoms with Gasteiger partial charge in [0.2, 0.25) is 12.7 Å². The lowest BCUT2D eigenvalue weighted by Crippen LogP contribution is -2.22. The van der Waals surface area contributed by atoms with E-state index in [9.17, 15) is 4.79 Å². The fourth-order valence-electron chi connectivity index (χ4n) is 4.00. The fraction of sp³-hybridized carbons (Fsp3) is 0.250. The van der Waals surface area contributed by atoms with Crippen molar-refractivity contribution in [2.75, 3.05) is 12.5 Å². The third-order valence-electron chi connectivity index (χ3n) is 6.06. The zero-order chi connectivity index (χ0) is 26.5. The Hall–Kier alpha value is -3.20. The smallest absolute Gasteiger partial charge is 0.231 e. The average molecular weight is 570 g/mol. The molecule has 0 fully saturated rings. The molecule has 0 bridgehead atoms. The van der Waals surface area contributed by atoms with Crippen LogP contribution in [0.25, 0.3) is 17.1 Å². The lowest BCUT2D eigenvalue weighted by molar-refractivity contribution is -0.121. The van der Waals surface area contributed by atoms with Crippen LogP contribution < -0.4 is 14.8 Å². The number of hydrogen-bond donors (Lipinski definition) is 1. The van der Waals surface area contributed by atoms with Gasteiger partial charge in [-0.15, -0.1) is 10.2 Å². The number of carbonyl (C=O) groups is 1. The van der Waals surface area contributed by atoms with Crippen LogP contribution in [-0.4, -0.2) is 33.2 Å². The number of nitrogens with zero attached hydrogens (tertiary/aromatic N) is 3. The highest BCUT2D eigenvalue weighted by molar-refractivity contribution is 7.99. The van der Waals surface area contributed by atoms with Gasteiger partial charge in [-0.05, 0) is 55.7 Å². The number of ether oxygens (including phenoxy) is 2. The first kappa shape index (κ1) is 26.4. The number of rotatable bonds is 10. The zero-order valence-electron chi connectivity index (χ0n) is 20.7. The Morgan fingerprint density at radius 1 is 0.974 bits per heavy atom. The van der Waals surface area contributed by atoms with Crippen LogP contribution in [-0.2, 0) is 11.3 Å². The number of hydrogen-bond acceptors (Lipinski definition) is 6. The molecule has 7 nitrogen and oxygen atoms in total. The highest BCUT2D eigenvalue weighted by Gasteiger charge is 2.17. The van der Waals surface area contributed by atoms with Crippen molar-refractivity contribution in [3.8, 4) is 28.6 Å². The Labute approximate surface area is 235 Å². The summed E-state index contributed by atoms with van der Waals surface area (Å²) in [5.41, 5.74) is 3.94. The highest BCUT2D eigenvalue weighted by Crippen LogP contribution is 2.33. The van der Waals surface area contributed by atoms with Crippen LogP contribution in [0, 0.1) is 6.92 Å². The minimum atomic E-state index is 0.0216. The molecule has 0 radical (unpaired) electrons. The van der Waals surface area contributed by atoms with Crippen molar-refractivity contribution < 1.29 is 14.3 Å². The second-order valence-corrected chi connectivity index (χ2v) is 10.8. The van der Waals surface area contributed by atoms with Crippen LogP contribution in [0.3, 0.4) is 0 Å². The summed E-state index contributed by atoms with van der Waals surface area (Å²) in [5.74, 6) is 3.00. The van der Waals surface area contributed by atoms with E-state index in [1.54, 1.807) is 17.8 Å². The lowest BCUT2D eigenvalue weighted by Gasteiger charge is -2.11. The molecule has 0 spiro atoms. The Morgan fingerprint density at radius 3 is 2.61 bits per heavy atom. The predicted octanol–water partition coefficient (Wildman–Crippen LogP) is 6.86. The maximum atomic E-state index is 12.3. The number of unbranched alkanes of at least 4 members (excludes halogenated alkanes) is 1. The van der Waals surface area contributed by atoms with Gasteiger partial charge in [-0.3, -0.25) is 9.36 Å². The van der Waals surface area contributed by atoms with Gasteiger partial charge in [-0.2, -0.15) is 0 Å². The number of carbonyl (C=O) groups excluding carboxylic acids is 1. The second-order valence-electron chi connectivity index (χ2n) is 8.88. The van der Waals surface area contributed by atoms with Crippen molar-refractivity contribution in [3.05, 3.63) is 81.8 Å². The first-order valence-electron chi connectivity index (χ1n) is 12.2. The van der Waals surface area contributed by atoms with Gasteiger partial charge in [-0.25, -0.2) is 0 Å². The zero-order valence-corrected chi connectivity index (χ0v) is 23.1. The third kappa shape index (κ3) is 6.26. The molecule has 1 N–H and O–H groups in total. The Morgan fingerprint density at radius 2 is 1.79 bits per heavy atom. The first-order valence-corrected chi connectivity index (χ1v) is 14.0. The molecular weight excluding hydrogens is 543 g/mol. The number of amides is 1. The molecule has 0 saturated heterocycles. The van der Waals surface area contributed by atoms with E-state index in [4.69, 9.17) is 32.7 Å². The molecule has 1 aliphatic rings. The van der Waals surface area contributed by atoms with Crippen LogP contribution in [0.15, 0.2) is 65.8 Å². The molecule has 0 aliphatic carbocycles.